The van der Waals surface area contributed by atoms with Gasteiger partial charge in [-0.25, -0.2) is 0 Å². The lowest BCUT2D eigenvalue weighted by atomic mass is 10.1. The van der Waals surface area contributed by atoms with E-state index >= 15 is 0 Å². The minimum Gasteiger partial charge on any atom is -0.383 e. The molecule has 0 spiro atoms. The van der Waals surface area contributed by atoms with Crippen LogP contribution < -0.4 is 11.1 Å². The van der Waals surface area contributed by atoms with Crippen LogP contribution in [0.3, 0.4) is 0 Å². The van der Waals surface area contributed by atoms with Crippen molar-refractivity contribution < 1.29 is 4.74 Å². The van der Waals surface area contributed by atoms with E-state index in [4.69, 9.17) is 4.74 Å². The van der Waals surface area contributed by atoms with Crippen LogP contribution in [0.1, 0.15) is 13.0 Å². The summed E-state index contributed by atoms with van der Waals surface area (Å²) in [6, 6.07) is 14.3. The van der Waals surface area contributed by atoms with Gasteiger partial charge in [0.25, 0.3) is 11.1 Å². The van der Waals surface area contributed by atoms with Gasteiger partial charge < -0.3 is 4.74 Å². The zero-order valence-electron chi connectivity index (χ0n) is 12.6. The molecule has 1 aromatic heterocycles. The Morgan fingerprint density at radius 1 is 0.864 bits per heavy atom. The Hall–Kier alpha value is -2.46. The van der Waals surface area contributed by atoms with Crippen LogP contribution in [0, 0.1) is 0 Å². The number of benzene rings is 2. The maximum Gasteiger partial charge on any atom is 0.261 e. The fraction of sp³-hybridized carbons (Fsp3) is 0.222. The normalized spacial score (nSPS) is 12.6. The van der Waals surface area contributed by atoms with Crippen LogP contribution in [0.15, 0.2) is 58.1 Å². The molecule has 0 unspecified atom stereocenters. The predicted octanol–water partition coefficient (Wildman–Crippen LogP) is 2.72. The van der Waals surface area contributed by atoms with Gasteiger partial charge in [0, 0.05) is 17.9 Å². The Morgan fingerprint density at radius 2 is 1.27 bits per heavy atom. The maximum atomic E-state index is 12.9. The second-order valence-corrected chi connectivity index (χ2v) is 5.38. The Morgan fingerprint density at radius 3 is 1.68 bits per heavy atom. The molecule has 112 valence electrons. The molecule has 4 nitrogen and oxygen atoms in total. The van der Waals surface area contributed by atoms with Crippen molar-refractivity contribution in [3.8, 4) is 0 Å². The first-order chi connectivity index (χ1) is 10.6. The third kappa shape index (κ3) is 2.22. The molecule has 0 aliphatic carbocycles. The number of hydrogen-bond acceptors (Lipinski definition) is 3. The average molecular weight is 295 g/mol. The molecule has 0 amide bonds. The lowest BCUT2D eigenvalue weighted by Gasteiger charge is -2.11. The Labute approximate surface area is 127 Å². The summed E-state index contributed by atoms with van der Waals surface area (Å²) in [7, 11) is 1.56. The minimum absolute atomic E-state index is 0.277. The van der Waals surface area contributed by atoms with Crippen LogP contribution >= 0.6 is 0 Å². The fourth-order valence-corrected chi connectivity index (χ4v) is 2.88. The van der Waals surface area contributed by atoms with Crippen LogP contribution in [-0.4, -0.2) is 18.3 Å². The number of hydrogen-bond donors (Lipinski definition) is 0. The van der Waals surface area contributed by atoms with Crippen molar-refractivity contribution in [2.24, 2.45) is 0 Å². The maximum absolute atomic E-state index is 12.9. The molecule has 0 saturated heterocycles. The van der Waals surface area contributed by atoms with Crippen molar-refractivity contribution in [2.75, 3.05) is 13.7 Å². The molecule has 0 radical (unpaired) electrons. The van der Waals surface area contributed by atoms with Gasteiger partial charge >= 0.3 is 0 Å². The van der Waals surface area contributed by atoms with Gasteiger partial charge in [-0.3, -0.25) is 14.2 Å². The van der Waals surface area contributed by atoms with Gasteiger partial charge in [-0.1, -0.05) is 36.4 Å². The molecule has 3 rings (SSSR count). The van der Waals surface area contributed by atoms with Crippen LogP contribution in [-0.2, 0) is 4.74 Å². The van der Waals surface area contributed by atoms with Crippen LogP contribution in [0.25, 0.3) is 21.5 Å². The summed E-state index contributed by atoms with van der Waals surface area (Å²) in [6.07, 6.45) is 0. The van der Waals surface area contributed by atoms with Gasteiger partial charge in [0.2, 0.25) is 0 Å². The SMILES string of the molecule is COC[C@H](C)n1c(=O)c2ccccc2c2ccccc2c1=O. The topological polar surface area (TPSA) is 48.3 Å². The lowest BCUT2D eigenvalue weighted by Crippen LogP contribution is -2.34. The van der Waals surface area contributed by atoms with E-state index in [0.29, 0.717) is 17.4 Å². The predicted molar refractivity (Wildman–Crippen MR) is 88.6 cm³/mol. The zero-order valence-corrected chi connectivity index (χ0v) is 12.6. The molecule has 0 saturated carbocycles. The van der Waals surface area contributed by atoms with Crippen molar-refractivity contribution in [1.82, 2.24) is 4.57 Å². The van der Waals surface area contributed by atoms with Gasteiger partial charge in [0.05, 0.1) is 12.6 Å². The Kier molecular flexibility index (Phi) is 3.77. The smallest absolute Gasteiger partial charge is 0.261 e. The van der Waals surface area contributed by atoms with E-state index in [1.165, 1.54) is 4.57 Å². The van der Waals surface area contributed by atoms with Crippen LogP contribution in [0.2, 0.25) is 0 Å². The third-order valence-electron chi connectivity index (χ3n) is 3.89. The first-order valence-electron chi connectivity index (χ1n) is 7.20. The number of nitrogens with zero attached hydrogens (tertiary/aromatic N) is 1. The van der Waals surface area contributed by atoms with Gasteiger partial charge in [-0.2, -0.15) is 0 Å². The van der Waals surface area contributed by atoms with Gasteiger partial charge in [0.15, 0.2) is 0 Å². The summed E-state index contributed by atoms with van der Waals surface area (Å²) < 4.78 is 6.42. The van der Waals surface area contributed by atoms with E-state index in [2.05, 4.69) is 0 Å². The minimum atomic E-state index is -0.329. The summed E-state index contributed by atoms with van der Waals surface area (Å²) in [5, 5.41) is 2.68. The molecule has 1 atom stereocenters. The van der Waals surface area contributed by atoms with Crippen molar-refractivity contribution in [2.45, 2.75) is 13.0 Å². The quantitative estimate of drug-likeness (QED) is 0.746. The van der Waals surface area contributed by atoms with E-state index < -0.39 is 0 Å². The molecule has 0 aliphatic heterocycles. The van der Waals surface area contributed by atoms with E-state index in [0.717, 1.165) is 10.8 Å². The number of fused-ring (bicyclic) bond motifs is 3. The molecular formula is C18H17NO3. The molecule has 4 heteroatoms. The van der Waals surface area contributed by atoms with E-state index in [1.54, 1.807) is 19.2 Å². The monoisotopic (exact) mass is 295 g/mol. The Bertz CT molecular complexity index is 887. The van der Waals surface area contributed by atoms with Crippen molar-refractivity contribution >= 4 is 21.5 Å². The van der Waals surface area contributed by atoms with E-state index in [9.17, 15) is 9.59 Å². The number of ether oxygens (including phenoxy) is 1. The number of methoxy groups -OCH3 is 1. The highest BCUT2D eigenvalue weighted by atomic mass is 16.5. The largest absolute Gasteiger partial charge is 0.383 e. The lowest BCUT2D eigenvalue weighted by molar-refractivity contribution is 0.160. The second kappa shape index (κ2) is 5.73. The van der Waals surface area contributed by atoms with Gasteiger partial charge in [0.1, 0.15) is 0 Å². The van der Waals surface area contributed by atoms with Crippen LogP contribution in [0.5, 0.6) is 0 Å². The first kappa shape index (κ1) is 14.5. The summed E-state index contributed by atoms with van der Waals surface area (Å²) in [6.45, 7) is 2.12. The summed E-state index contributed by atoms with van der Waals surface area (Å²) in [5.41, 5.74) is -0.553. The summed E-state index contributed by atoms with van der Waals surface area (Å²) >= 11 is 0. The highest BCUT2D eigenvalue weighted by Crippen LogP contribution is 2.19. The molecule has 22 heavy (non-hydrogen) atoms. The standard InChI is InChI=1S/C18H17NO3/c1-12(11-22-2)19-17(20)15-9-5-3-7-13(15)14-8-4-6-10-16(14)18(19)21/h3-10,12H,11H2,1-2H3/t12-/m0/s1. The highest BCUT2D eigenvalue weighted by Gasteiger charge is 2.14. The molecule has 1 heterocycles. The fourth-order valence-electron chi connectivity index (χ4n) is 2.88. The van der Waals surface area contributed by atoms with Crippen molar-refractivity contribution in [3.63, 3.8) is 0 Å². The van der Waals surface area contributed by atoms with E-state index in [-0.39, 0.29) is 17.2 Å². The highest BCUT2D eigenvalue weighted by molar-refractivity contribution is 6.05. The second-order valence-electron chi connectivity index (χ2n) is 5.38. The zero-order chi connectivity index (χ0) is 15.7. The van der Waals surface area contributed by atoms with Crippen molar-refractivity contribution in [3.05, 3.63) is 69.2 Å². The molecule has 0 N–H and O–H groups in total. The first-order valence-corrected chi connectivity index (χ1v) is 7.20. The number of aromatic nitrogens is 1. The van der Waals surface area contributed by atoms with E-state index in [1.807, 2.05) is 43.3 Å². The Balaban J connectivity index is 2.61. The molecule has 3 aromatic rings. The van der Waals surface area contributed by atoms with Gasteiger partial charge in [-0.15, -0.1) is 0 Å². The average Bonchev–Trinajstić information content (AvgIpc) is 2.63. The van der Waals surface area contributed by atoms with Crippen LogP contribution in [0.4, 0.5) is 0 Å². The van der Waals surface area contributed by atoms with Crippen molar-refractivity contribution in [1.29, 1.82) is 0 Å². The summed E-state index contributed by atoms with van der Waals surface area (Å²) in [5.74, 6) is 0. The summed E-state index contributed by atoms with van der Waals surface area (Å²) in [4.78, 5) is 25.8. The molecular weight excluding hydrogens is 278 g/mol. The molecule has 0 aliphatic rings. The molecule has 0 fully saturated rings. The molecule has 0 bridgehead atoms. The van der Waals surface area contributed by atoms with Gasteiger partial charge in [-0.05, 0) is 29.8 Å². The molecule has 2 aromatic carbocycles. The number of rotatable bonds is 3. The third-order valence-corrected chi connectivity index (χ3v) is 3.89.